The Kier molecular flexibility index (Phi) is 5.32. The highest BCUT2D eigenvalue weighted by atomic mass is 32.2. The van der Waals surface area contributed by atoms with Crippen LogP contribution in [0.4, 0.5) is 5.69 Å². The largest absolute Gasteiger partial charge is 0.367 e. The molecule has 1 aliphatic heterocycles. The smallest absolute Gasteiger partial charge is 0.280 e. The van der Waals surface area contributed by atoms with E-state index in [1.54, 1.807) is 12.1 Å². The average Bonchev–Trinajstić information content (AvgIpc) is 3.19. The molecular formula is C25H26N4O3S. The van der Waals surface area contributed by atoms with Gasteiger partial charge in [0.25, 0.3) is 5.56 Å². The van der Waals surface area contributed by atoms with Gasteiger partial charge < -0.3 is 4.90 Å². The van der Waals surface area contributed by atoms with Gasteiger partial charge in [-0.15, -0.1) is 0 Å². The van der Waals surface area contributed by atoms with Gasteiger partial charge in [0.1, 0.15) is 5.69 Å². The molecule has 0 radical (unpaired) electrons. The molecule has 1 saturated heterocycles. The molecular weight excluding hydrogens is 436 g/mol. The van der Waals surface area contributed by atoms with Crippen molar-refractivity contribution in [1.29, 1.82) is 0 Å². The molecule has 33 heavy (non-hydrogen) atoms. The van der Waals surface area contributed by atoms with E-state index < -0.39 is 9.84 Å². The first-order chi connectivity index (χ1) is 15.8. The molecule has 1 N–H and O–H groups in total. The molecule has 4 aromatic rings. The molecule has 0 bridgehead atoms. The quantitative estimate of drug-likeness (QED) is 0.494. The molecule has 0 saturated carbocycles. The monoisotopic (exact) mass is 462 g/mol. The molecule has 7 nitrogen and oxygen atoms in total. The van der Waals surface area contributed by atoms with Gasteiger partial charge in [0.05, 0.1) is 21.8 Å². The van der Waals surface area contributed by atoms with Gasteiger partial charge in [-0.3, -0.25) is 9.89 Å². The Morgan fingerprint density at radius 2 is 1.58 bits per heavy atom. The molecule has 2 aromatic heterocycles. The highest BCUT2D eigenvalue weighted by molar-refractivity contribution is 7.90. The number of benzene rings is 2. The van der Waals surface area contributed by atoms with Gasteiger partial charge in [0, 0.05) is 24.9 Å². The number of anilines is 1. The second-order valence-electron chi connectivity index (χ2n) is 8.58. The van der Waals surface area contributed by atoms with Crippen LogP contribution in [0.15, 0.2) is 64.3 Å². The van der Waals surface area contributed by atoms with Crippen molar-refractivity contribution in [2.45, 2.75) is 31.1 Å². The predicted molar refractivity (Wildman–Crippen MR) is 131 cm³/mol. The molecule has 0 aliphatic carbocycles. The van der Waals surface area contributed by atoms with Crippen LogP contribution in [0.25, 0.3) is 28.0 Å². The number of H-pyrrole nitrogens is 1. The molecule has 0 unspecified atom stereocenters. The van der Waals surface area contributed by atoms with Crippen molar-refractivity contribution in [1.82, 2.24) is 14.6 Å². The van der Waals surface area contributed by atoms with Crippen molar-refractivity contribution in [3.05, 3.63) is 70.6 Å². The highest BCUT2D eigenvalue weighted by Gasteiger charge is 2.25. The van der Waals surface area contributed by atoms with Crippen LogP contribution in [-0.2, 0) is 9.84 Å². The highest BCUT2D eigenvalue weighted by Crippen LogP contribution is 2.35. The van der Waals surface area contributed by atoms with E-state index in [1.807, 2.05) is 37.3 Å². The number of sulfone groups is 1. The maximum atomic E-state index is 13.7. The van der Waals surface area contributed by atoms with Gasteiger partial charge in [0.2, 0.25) is 0 Å². The summed E-state index contributed by atoms with van der Waals surface area (Å²) in [5, 5.41) is 3.32. The Morgan fingerprint density at radius 3 is 2.21 bits per heavy atom. The first-order valence-electron chi connectivity index (χ1n) is 11.1. The number of nitrogens with one attached hydrogen (secondary N) is 1. The summed E-state index contributed by atoms with van der Waals surface area (Å²) in [6.45, 7) is 3.68. The fourth-order valence-electron chi connectivity index (χ4n) is 4.59. The van der Waals surface area contributed by atoms with Crippen LogP contribution in [0.2, 0.25) is 0 Å². The second-order valence-corrected chi connectivity index (χ2v) is 10.6. The standard InChI is InChI=1S/C25H26N4O3S/c1-17-21(18-11-13-20(14-12-18)33(2,31)32)25(30)29-24(26-17)23(28-15-7-4-8-16-28)22(27-29)19-9-5-3-6-10-19/h3,5-6,9-14,27H,4,7-8,15-16H2,1-2H3. The summed E-state index contributed by atoms with van der Waals surface area (Å²) >= 11 is 0. The van der Waals surface area contributed by atoms with Crippen molar-refractivity contribution >= 4 is 21.2 Å². The normalized spacial score (nSPS) is 14.7. The van der Waals surface area contributed by atoms with E-state index in [9.17, 15) is 13.2 Å². The summed E-state index contributed by atoms with van der Waals surface area (Å²) < 4.78 is 25.2. The third-order valence-electron chi connectivity index (χ3n) is 6.24. The zero-order valence-electron chi connectivity index (χ0n) is 18.7. The molecule has 0 spiro atoms. The number of rotatable bonds is 4. The van der Waals surface area contributed by atoms with Crippen molar-refractivity contribution in [3.63, 3.8) is 0 Å². The average molecular weight is 463 g/mol. The van der Waals surface area contributed by atoms with Gasteiger partial charge in [-0.1, -0.05) is 42.5 Å². The molecule has 1 aliphatic rings. The van der Waals surface area contributed by atoms with Crippen molar-refractivity contribution in [3.8, 4) is 22.4 Å². The van der Waals surface area contributed by atoms with Crippen LogP contribution in [-0.4, -0.2) is 42.4 Å². The van der Waals surface area contributed by atoms with Crippen LogP contribution < -0.4 is 10.5 Å². The Hall–Kier alpha value is -3.39. The number of hydrogen-bond acceptors (Lipinski definition) is 5. The first kappa shape index (κ1) is 21.5. The molecule has 3 heterocycles. The van der Waals surface area contributed by atoms with Crippen molar-refractivity contribution in [2.24, 2.45) is 0 Å². The molecule has 0 atom stereocenters. The lowest BCUT2D eigenvalue weighted by Crippen LogP contribution is -2.30. The van der Waals surface area contributed by atoms with E-state index >= 15 is 0 Å². The summed E-state index contributed by atoms with van der Waals surface area (Å²) in [5.41, 5.74) is 4.97. The minimum Gasteiger partial charge on any atom is -0.367 e. The van der Waals surface area contributed by atoms with Crippen LogP contribution >= 0.6 is 0 Å². The summed E-state index contributed by atoms with van der Waals surface area (Å²) in [5.74, 6) is 0. The summed E-state index contributed by atoms with van der Waals surface area (Å²) in [6, 6.07) is 16.4. The van der Waals surface area contributed by atoms with E-state index in [0.717, 1.165) is 42.9 Å². The van der Waals surface area contributed by atoms with Gasteiger partial charge in [0.15, 0.2) is 15.5 Å². The van der Waals surface area contributed by atoms with Crippen molar-refractivity contribution < 1.29 is 8.42 Å². The number of fused-ring (bicyclic) bond motifs is 1. The summed E-state index contributed by atoms with van der Waals surface area (Å²) in [7, 11) is -3.31. The molecule has 0 amide bonds. The Bertz CT molecular complexity index is 1480. The fourth-order valence-corrected chi connectivity index (χ4v) is 5.22. The van der Waals surface area contributed by atoms with Crippen LogP contribution in [0.1, 0.15) is 25.0 Å². The predicted octanol–water partition coefficient (Wildman–Crippen LogP) is 4.06. The van der Waals surface area contributed by atoms with Crippen LogP contribution in [0.3, 0.4) is 0 Å². The number of piperidine rings is 1. The van der Waals surface area contributed by atoms with E-state index in [-0.39, 0.29) is 10.5 Å². The van der Waals surface area contributed by atoms with Crippen molar-refractivity contribution in [2.75, 3.05) is 24.2 Å². The number of hydrogen-bond donors (Lipinski definition) is 1. The lowest BCUT2D eigenvalue weighted by molar-refractivity contribution is 0.579. The summed E-state index contributed by atoms with van der Waals surface area (Å²) in [4.78, 5) is 21.1. The maximum Gasteiger partial charge on any atom is 0.280 e. The molecule has 1 fully saturated rings. The zero-order valence-corrected chi connectivity index (χ0v) is 19.5. The molecule has 2 aromatic carbocycles. The minimum absolute atomic E-state index is 0.204. The molecule has 8 heteroatoms. The number of aromatic nitrogens is 3. The number of nitrogens with zero attached hydrogens (tertiary/aromatic N) is 3. The molecule has 5 rings (SSSR count). The number of aryl methyl sites for hydroxylation is 1. The lowest BCUT2D eigenvalue weighted by Gasteiger charge is -2.28. The Labute approximate surface area is 192 Å². The third-order valence-corrected chi connectivity index (χ3v) is 7.37. The van der Waals surface area contributed by atoms with E-state index in [4.69, 9.17) is 4.98 Å². The van der Waals surface area contributed by atoms with Gasteiger partial charge >= 0.3 is 0 Å². The van der Waals surface area contributed by atoms with E-state index in [1.165, 1.54) is 29.3 Å². The first-order valence-corrected chi connectivity index (χ1v) is 13.0. The number of aromatic amines is 1. The van der Waals surface area contributed by atoms with Gasteiger partial charge in [-0.05, 0) is 43.9 Å². The van der Waals surface area contributed by atoms with Gasteiger partial charge in [-0.25, -0.2) is 13.4 Å². The second kappa shape index (κ2) is 8.19. The van der Waals surface area contributed by atoms with E-state index in [2.05, 4.69) is 10.00 Å². The maximum absolute atomic E-state index is 13.7. The van der Waals surface area contributed by atoms with Crippen LogP contribution in [0, 0.1) is 6.92 Å². The fraction of sp³-hybridized carbons (Fsp3) is 0.280. The third kappa shape index (κ3) is 3.84. The van der Waals surface area contributed by atoms with Crippen LogP contribution in [0.5, 0.6) is 0 Å². The Morgan fingerprint density at radius 1 is 0.909 bits per heavy atom. The SMILES string of the molecule is Cc1nc2c(N3CCCCC3)c(-c3ccccc3)[nH]n2c(=O)c1-c1ccc(S(C)(=O)=O)cc1. The minimum atomic E-state index is -3.31. The van der Waals surface area contributed by atoms with Gasteiger partial charge in [-0.2, -0.15) is 4.52 Å². The lowest BCUT2D eigenvalue weighted by atomic mass is 10.1. The topological polar surface area (TPSA) is 87.5 Å². The zero-order chi connectivity index (χ0) is 23.2. The summed E-state index contributed by atoms with van der Waals surface area (Å²) in [6.07, 6.45) is 4.60. The van der Waals surface area contributed by atoms with E-state index in [0.29, 0.717) is 22.5 Å². The molecule has 170 valence electrons. The Balaban J connectivity index is 1.73.